The topological polar surface area (TPSA) is 86.8 Å². The summed E-state index contributed by atoms with van der Waals surface area (Å²) < 4.78 is 26.3. The van der Waals surface area contributed by atoms with Crippen LogP contribution in [0.4, 0.5) is 5.69 Å². The second-order valence-electron chi connectivity index (χ2n) is 8.98. The molecule has 0 radical (unpaired) electrons. The maximum absolute atomic E-state index is 13.4. The molecule has 0 aliphatic heterocycles. The van der Waals surface area contributed by atoms with E-state index in [0.717, 1.165) is 18.2 Å². The molecule has 1 N–H and O–H groups in total. The van der Waals surface area contributed by atoms with Crippen molar-refractivity contribution in [2.75, 3.05) is 17.1 Å². The Hall–Kier alpha value is -2.29. The number of carbonyl (C=O) groups excluding carboxylic acids is 2. The van der Waals surface area contributed by atoms with Gasteiger partial charge in [0.05, 0.1) is 11.9 Å². The highest BCUT2D eigenvalue weighted by Crippen LogP contribution is 2.25. The first-order valence-electron chi connectivity index (χ1n) is 11.9. The van der Waals surface area contributed by atoms with Crippen molar-refractivity contribution in [3.63, 3.8) is 0 Å². The summed E-state index contributed by atoms with van der Waals surface area (Å²) in [5.74, 6) is -0.536. The van der Waals surface area contributed by atoms with Gasteiger partial charge >= 0.3 is 0 Å². The fourth-order valence-electron chi connectivity index (χ4n) is 3.71. The number of nitrogens with one attached hydrogen (secondary N) is 1. The van der Waals surface area contributed by atoms with E-state index in [-0.39, 0.29) is 43.8 Å². The van der Waals surface area contributed by atoms with E-state index >= 15 is 0 Å². The monoisotopic (exact) mass is 555 g/mol. The molecule has 2 aromatic carbocycles. The Kier molecular flexibility index (Phi) is 11.1. The van der Waals surface area contributed by atoms with E-state index in [1.54, 1.807) is 37.3 Å². The maximum Gasteiger partial charge on any atom is 0.242 e. The van der Waals surface area contributed by atoms with E-state index in [1.807, 2.05) is 32.9 Å². The van der Waals surface area contributed by atoms with Gasteiger partial charge in [-0.2, -0.15) is 0 Å². The largest absolute Gasteiger partial charge is 0.352 e. The minimum atomic E-state index is -3.55. The van der Waals surface area contributed by atoms with Crippen molar-refractivity contribution in [3.8, 4) is 0 Å². The summed E-state index contributed by atoms with van der Waals surface area (Å²) in [6, 6.07) is 11.4. The Morgan fingerprint density at radius 2 is 1.75 bits per heavy atom. The highest BCUT2D eigenvalue weighted by atomic mass is 35.5. The van der Waals surface area contributed by atoms with Crippen molar-refractivity contribution in [1.82, 2.24) is 10.2 Å². The van der Waals surface area contributed by atoms with Crippen LogP contribution in [0.1, 0.15) is 51.2 Å². The van der Waals surface area contributed by atoms with Gasteiger partial charge in [0.25, 0.3) is 0 Å². The van der Waals surface area contributed by atoms with Crippen LogP contribution in [0, 0.1) is 6.92 Å². The van der Waals surface area contributed by atoms with Gasteiger partial charge in [-0.25, -0.2) is 8.42 Å². The quantitative estimate of drug-likeness (QED) is 0.391. The lowest BCUT2D eigenvalue weighted by molar-refractivity contribution is -0.140. The zero-order chi connectivity index (χ0) is 27.0. The standard InChI is InChI=1S/C26H35Cl2N3O4S/c1-6-19(3)29-26(33)20(4)30(17-21-13-14-22(27)16-23(21)28)25(32)12-9-15-31(36(5,34)35)24-11-8-7-10-18(24)2/h7-8,10-11,13-14,16,19-20H,6,9,12,15,17H2,1-5H3,(H,29,33)/t19-,20+/m1/s1. The van der Waals surface area contributed by atoms with Gasteiger partial charge in [-0.05, 0) is 62.9 Å². The van der Waals surface area contributed by atoms with Crippen LogP contribution in [0.3, 0.4) is 0 Å². The fraction of sp³-hybridized carbons (Fsp3) is 0.462. The number of halogens is 2. The molecule has 0 aliphatic rings. The maximum atomic E-state index is 13.4. The van der Waals surface area contributed by atoms with Crippen LogP contribution in [0.25, 0.3) is 0 Å². The van der Waals surface area contributed by atoms with E-state index < -0.39 is 16.1 Å². The Morgan fingerprint density at radius 1 is 1.08 bits per heavy atom. The number of carbonyl (C=O) groups is 2. The number of para-hydroxylation sites is 1. The molecule has 2 aromatic rings. The van der Waals surface area contributed by atoms with Crippen LogP contribution in [0.2, 0.25) is 10.0 Å². The summed E-state index contributed by atoms with van der Waals surface area (Å²) in [7, 11) is -3.55. The first-order valence-corrected chi connectivity index (χ1v) is 14.5. The zero-order valence-corrected chi connectivity index (χ0v) is 23.8. The van der Waals surface area contributed by atoms with Crippen molar-refractivity contribution in [2.24, 2.45) is 0 Å². The summed E-state index contributed by atoms with van der Waals surface area (Å²) in [6.07, 6.45) is 2.25. The lowest BCUT2D eigenvalue weighted by atomic mass is 10.1. The minimum absolute atomic E-state index is 0.0338. The van der Waals surface area contributed by atoms with Gasteiger partial charge in [0, 0.05) is 35.6 Å². The van der Waals surface area contributed by atoms with E-state index in [0.29, 0.717) is 21.3 Å². The summed E-state index contributed by atoms with van der Waals surface area (Å²) in [4.78, 5) is 27.7. The van der Waals surface area contributed by atoms with Crippen molar-refractivity contribution in [1.29, 1.82) is 0 Å². The molecule has 0 bridgehead atoms. The van der Waals surface area contributed by atoms with Gasteiger partial charge in [0.1, 0.15) is 6.04 Å². The van der Waals surface area contributed by atoms with E-state index in [4.69, 9.17) is 23.2 Å². The normalized spacial score (nSPS) is 13.1. The fourth-order valence-corrected chi connectivity index (χ4v) is 5.20. The lowest BCUT2D eigenvalue weighted by Crippen LogP contribution is -2.49. The molecule has 7 nitrogen and oxygen atoms in total. The third-order valence-electron chi connectivity index (χ3n) is 6.06. The Morgan fingerprint density at radius 3 is 2.33 bits per heavy atom. The summed E-state index contributed by atoms with van der Waals surface area (Å²) in [5.41, 5.74) is 2.07. The predicted octanol–water partition coefficient (Wildman–Crippen LogP) is 5.18. The van der Waals surface area contributed by atoms with Gasteiger partial charge in [-0.1, -0.05) is 54.4 Å². The van der Waals surface area contributed by atoms with Crippen LogP contribution in [0.5, 0.6) is 0 Å². The number of hydrogen-bond acceptors (Lipinski definition) is 4. The number of amides is 2. The van der Waals surface area contributed by atoms with E-state index in [9.17, 15) is 18.0 Å². The van der Waals surface area contributed by atoms with Crippen molar-refractivity contribution < 1.29 is 18.0 Å². The molecule has 0 heterocycles. The third-order valence-corrected chi connectivity index (χ3v) is 7.83. The van der Waals surface area contributed by atoms with Gasteiger partial charge in [0.15, 0.2) is 0 Å². The molecule has 2 atom stereocenters. The molecule has 2 rings (SSSR count). The molecule has 10 heteroatoms. The SMILES string of the molecule is CC[C@@H](C)NC(=O)[C@H](C)N(Cc1ccc(Cl)cc1Cl)C(=O)CCCN(c1ccccc1C)S(C)(=O)=O. The van der Waals surface area contributed by atoms with Crippen molar-refractivity contribution in [2.45, 2.75) is 65.6 Å². The van der Waals surface area contributed by atoms with Crippen LogP contribution < -0.4 is 9.62 Å². The number of nitrogens with zero attached hydrogens (tertiary/aromatic N) is 2. The third kappa shape index (κ3) is 8.39. The van der Waals surface area contributed by atoms with Crippen LogP contribution >= 0.6 is 23.2 Å². The first-order chi connectivity index (χ1) is 16.8. The number of hydrogen-bond donors (Lipinski definition) is 1. The average molecular weight is 557 g/mol. The molecular weight excluding hydrogens is 521 g/mol. The first kappa shape index (κ1) is 29.9. The molecule has 36 heavy (non-hydrogen) atoms. The number of anilines is 1. The molecule has 198 valence electrons. The summed E-state index contributed by atoms with van der Waals surface area (Å²) >= 11 is 12.4. The van der Waals surface area contributed by atoms with E-state index in [2.05, 4.69) is 5.32 Å². The summed E-state index contributed by atoms with van der Waals surface area (Å²) in [6.45, 7) is 7.64. The molecular formula is C26H35Cl2N3O4S. The molecule has 2 amide bonds. The molecule has 0 aromatic heterocycles. The second kappa shape index (κ2) is 13.3. The smallest absolute Gasteiger partial charge is 0.242 e. The number of benzene rings is 2. The number of sulfonamides is 1. The molecule has 0 unspecified atom stereocenters. The Labute approximate surface area is 224 Å². The highest BCUT2D eigenvalue weighted by Gasteiger charge is 2.28. The zero-order valence-electron chi connectivity index (χ0n) is 21.4. The minimum Gasteiger partial charge on any atom is -0.352 e. The Balaban J connectivity index is 2.22. The van der Waals surface area contributed by atoms with Gasteiger partial charge in [0.2, 0.25) is 21.8 Å². The molecule has 0 saturated carbocycles. The van der Waals surface area contributed by atoms with Gasteiger partial charge < -0.3 is 10.2 Å². The molecule has 0 spiro atoms. The summed E-state index contributed by atoms with van der Waals surface area (Å²) in [5, 5.41) is 3.80. The lowest BCUT2D eigenvalue weighted by Gasteiger charge is -2.30. The van der Waals surface area contributed by atoms with Gasteiger partial charge in [-0.15, -0.1) is 0 Å². The molecule has 0 saturated heterocycles. The van der Waals surface area contributed by atoms with E-state index in [1.165, 1.54) is 9.21 Å². The average Bonchev–Trinajstić information content (AvgIpc) is 2.80. The number of rotatable bonds is 12. The molecule has 0 fully saturated rings. The highest BCUT2D eigenvalue weighted by molar-refractivity contribution is 7.92. The van der Waals surface area contributed by atoms with Crippen molar-refractivity contribution in [3.05, 3.63) is 63.6 Å². The Bertz CT molecular complexity index is 1170. The number of aryl methyl sites for hydroxylation is 1. The predicted molar refractivity (Wildman–Crippen MR) is 147 cm³/mol. The van der Waals surface area contributed by atoms with Crippen LogP contribution in [-0.4, -0.2) is 50.0 Å². The van der Waals surface area contributed by atoms with Crippen LogP contribution in [0.15, 0.2) is 42.5 Å². The van der Waals surface area contributed by atoms with Gasteiger partial charge in [-0.3, -0.25) is 13.9 Å². The van der Waals surface area contributed by atoms with Crippen LogP contribution in [-0.2, 0) is 26.2 Å². The second-order valence-corrected chi connectivity index (χ2v) is 11.7. The molecule has 0 aliphatic carbocycles. The van der Waals surface area contributed by atoms with Crippen molar-refractivity contribution >= 4 is 50.7 Å².